The fourth-order valence-electron chi connectivity index (χ4n) is 2.33. The molecule has 1 N–H and O–H groups in total. The Balaban J connectivity index is 1.54. The Morgan fingerprint density at radius 3 is 2.63 bits per heavy atom. The minimum atomic E-state index is -0.144. The van der Waals surface area contributed by atoms with E-state index < -0.39 is 0 Å². The smallest absolute Gasteiger partial charge is 0.234 e. The molecule has 0 fully saturated rings. The van der Waals surface area contributed by atoms with Gasteiger partial charge in [-0.25, -0.2) is 0 Å². The first kappa shape index (κ1) is 18.8. The second-order valence-electron chi connectivity index (χ2n) is 5.60. The topological polar surface area (TPSA) is 78.3 Å². The maximum atomic E-state index is 12.2. The Bertz CT molecular complexity index is 899. The van der Waals surface area contributed by atoms with Gasteiger partial charge in [0.25, 0.3) is 0 Å². The number of anilines is 1. The van der Waals surface area contributed by atoms with E-state index in [1.807, 2.05) is 54.1 Å². The van der Waals surface area contributed by atoms with Crippen LogP contribution in [0, 0.1) is 0 Å². The van der Waals surface area contributed by atoms with Gasteiger partial charge >= 0.3 is 0 Å². The first-order chi connectivity index (χ1) is 13.2. The molecular formula is C19H20N4O3S. The van der Waals surface area contributed by atoms with Crippen LogP contribution in [-0.2, 0) is 18.4 Å². The highest BCUT2D eigenvalue weighted by molar-refractivity contribution is 7.99. The third-order valence-corrected chi connectivity index (χ3v) is 4.77. The average Bonchev–Trinajstić information content (AvgIpc) is 3.05. The summed E-state index contributed by atoms with van der Waals surface area (Å²) in [6.45, 7) is 0.307. The standard InChI is InChI=1S/C19H20N4O3S/c1-23-17(12-26-14-8-4-3-5-9-14)21-22-19(23)27-13-18(24)20-15-10-6-7-11-16(15)25-2/h3-11H,12-13H2,1-2H3,(H,20,24). The van der Waals surface area contributed by atoms with Crippen LogP contribution in [0.1, 0.15) is 5.82 Å². The fraction of sp³-hybridized carbons (Fsp3) is 0.211. The van der Waals surface area contributed by atoms with E-state index >= 15 is 0 Å². The number of aromatic nitrogens is 3. The van der Waals surface area contributed by atoms with Gasteiger partial charge in [0.05, 0.1) is 18.6 Å². The van der Waals surface area contributed by atoms with Gasteiger partial charge in [-0.2, -0.15) is 0 Å². The van der Waals surface area contributed by atoms with Crippen molar-refractivity contribution in [2.24, 2.45) is 7.05 Å². The highest BCUT2D eigenvalue weighted by atomic mass is 32.2. The van der Waals surface area contributed by atoms with Crippen molar-refractivity contribution in [1.82, 2.24) is 14.8 Å². The maximum Gasteiger partial charge on any atom is 0.234 e. The van der Waals surface area contributed by atoms with Crippen LogP contribution in [0.2, 0.25) is 0 Å². The molecule has 0 spiro atoms. The van der Waals surface area contributed by atoms with Gasteiger partial charge in [0.15, 0.2) is 11.0 Å². The number of benzene rings is 2. The minimum Gasteiger partial charge on any atom is -0.495 e. The van der Waals surface area contributed by atoms with E-state index in [9.17, 15) is 4.79 Å². The number of rotatable bonds is 8. The number of hydrogen-bond acceptors (Lipinski definition) is 6. The van der Waals surface area contributed by atoms with Crippen molar-refractivity contribution in [3.63, 3.8) is 0 Å². The van der Waals surface area contributed by atoms with Crippen LogP contribution in [0.3, 0.4) is 0 Å². The summed E-state index contributed by atoms with van der Waals surface area (Å²) in [5, 5.41) is 11.8. The number of para-hydroxylation sites is 3. The average molecular weight is 384 g/mol. The number of amides is 1. The molecule has 0 aliphatic heterocycles. The third kappa shape index (κ3) is 5.01. The van der Waals surface area contributed by atoms with Crippen LogP contribution in [0.25, 0.3) is 0 Å². The quantitative estimate of drug-likeness (QED) is 0.601. The Labute approximate surface area is 161 Å². The molecule has 140 valence electrons. The minimum absolute atomic E-state index is 0.144. The van der Waals surface area contributed by atoms with Crippen molar-refractivity contribution in [3.8, 4) is 11.5 Å². The van der Waals surface area contributed by atoms with Gasteiger partial charge in [0.1, 0.15) is 18.1 Å². The van der Waals surface area contributed by atoms with Gasteiger partial charge in [-0.05, 0) is 24.3 Å². The molecule has 0 bridgehead atoms. The number of ether oxygens (including phenoxy) is 2. The molecule has 3 rings (SSSR count). The number of carbonyl (C=O) groups is 1. The lowest BCUT2D eigenvalue weighted by Gasteiger charge is -2.09. The number of nitrogens with zero attached hydrogens (tertiary/aromatic N) is 3. The Kier molecular flexibility index (Phi) is 6.32. The van der Waals surface area contributed by atoms with Crippen LogP contribution >= 0.6 is 11.8 Å². The monoisotopic (exact) mass is 384 g/mol. The summed E-state index contributed by atoms with van der Waals surface area (Å²) in [7, 11) is 3.42. The summed E-state index contributed by atoms with van der Waals surface area (Å²) in [5.41, 5.74) is 0.639. The van der Waals surface area contributed by atoms with Gasteiger partial charge in [-0.15, -0.1) is 10.2 Å². The molecule has 0 aliphatic rings. The molecule has 0 saturated carbocycles. The molecular weight excluding hydrogens is 364 g/mol. The predicted octanol–water partition coefficient (Wildman–Crippen LogP) is 3.13. The molecule has 1 aromatic heterocycles. The summed E-state index contributed by atoms with van der Waals surface area (Å²) in [4.78, 5) is 12.2. The molecule has 0 atom stereocenters. The zero-order valence-corrected chi connectivity index (χ0v) is 15.9. The van der Waals surface area contributed by atoms with E-state index in [4.69, 9.17) is 9.47 Å². The van der Waals surface area contributed by atoms with Gasteiger partial charge in [0, 0.05) is 7.05 Å². The SMILES string of the molecule is COc1ccccc1NC(=O)CSc1nnc(COc2ccccc2)n1C. The van der Waals surface area contributed by atoms with E-state index in [-0.39, 0.29) is 11.7 Å². The molecule has 0 aliphatic carbocycles. The van der Waals surface area contributed by atoms with Crippen molar-refractivity contribution in [2.45, 2.75) is 11.8 Å². The Morgan fingerprint density at radius 1 is 1.11 bits per heavy atom. The first-order valence-electron chi connectivity index (χ1n) is 8.29. The van der Waals surface area contributed by atoms with E-state index in [2.05, 4.69) is 15.5 Å². The molecule has 8 heteroatoms. The van der Waals surface area contributed by atoms with Gasteiger partial charge < -0.3 is 19.4 Å². The van der Waals surface area contributed by atoms with Crippen molar-refractivity contribution in [1.29, 1.82) is 0 Å². The van der Waals surface area contributed by atoms with Crippen LogP contribution in [0.15, 0.2) is 59.8 Å². The van der Waals surface area contributed by atoms with Gasteiger partial charge in [0.2, 0.25) is 5.91 Å². The number of carbonyl (C=O) groups excluding carboxylic acids is 1. The largest absolute Gasteiger partial charge is 0.495 e. The van der Waals surface area contributed by atoms with Crippen molar-refractivity contribution in [3.05, 3.63) is 60.4 Å². The number of thioether (sulfide) groups is 1. The zero-order valence-electron chi connectivity index (χ0n) is 15.1. The summed E-state index contributed by atoms with van der Waals surface area (Å²) in [6, 6.07) is 16.8. The van der Waals surface area contributed by atoms with E-state index in [1.54, 1.807) is 19.2 Å². The lowest BCUT2D eigenvalue weighted by atomic mass is 10.3. The molecule has 0 radical (unpaired) electrons. The third-order valence-electron chi connectivity index (χ3n) is 3.75. The molecule has 27 heavy (non-hydrogen) atoms. The summed E-state index contributed by atoms with van der Waals surface area (Å²) in [6.07, 6.45) is 0. The van der Waals surface area contributed by atoms with E-state index in [0.29, 0.717) is 29.0 Å². The summed E-state index contributed by atoms with van der Waals surface area (Å²) in [5.74, 6) is 2.14. The summed E-state index contributed by atoms with van der Waals surface area (Å²) < 4.78 is 12.7. The highest BCUT2D eigenvalue weighted by Gasteiger charge is 2.13. The van der Waals surface area contributed by atoms with Crippen LogP contribution in [0.5, 0.6) is 11.5 Å². The summed E-state index contributed by atoms with van der Waals surface area (Å²) >= 11 is 1.31. The van der Waals surface area contributed by atoms with E-state index in [0.717, 1.165) is 5.75 Å². The van der Waals surface area contributed by atoms with Gasteiger partial charge in [-0.3, -0.25) is 4.79 Å². The predicted molar refractivity (Wildman–Crippen MR) is 104 cm³/mol. The Hall–Kier alpha value is -3.00. The molecule has 2 aromatic carbocycles. The van der Waals surface area contributed by atoms with Crippen LogP contribution < -0.4 is 14.8 Å². The first-order valence-corrected chi connectivity index (χ1v) is 9.27. The van der Waals surface area contributed by atoms with Crippen LogP contribution in [0.4, 0.5) is 5.69 Å². The molecule has 1 heterocycles. The number of nitrogens with one attached hydrogen (secondary N) is 1. The van der Waals surface area contributed by atoms with Crippen LogP contribution in [-0.4, -0.2) is 33.5 Å². The number of hydrogen-bond donors (Lipinski definition) is 1. The maximum absolute atomic E-state index is 12.2. The Morgan fingerprint density at radius 2 is 1.85 bits per heavy atom. The van der Waals surface area contributed by atoms with Crippen molar-refractivity contribution >= 4 is 23.4 Å². The highest BCUT2D eigenvalue weighted by Crippen LogP contribution is 2.24. The molecule has 7 nitrogen and oxygen atoms in total. The normalized spacial score (nSPS) is 10.4. The fourth-order valence-corrected chi connectivity index (χ4v) is 3.06. The molecule has 1 amide bonds. The van der Waals surface area contributed by atoms with E-state index in [1.165, 1.54) is 11.8 Å². The van der Waals surface area contributed by atoms with Gasteiger partial charge in [-0.1, -0.05) is 42.1 Å². The lowest BCUT2D eigenvalue weighted by Crippen LogP contribution is -2.15. The molecule has 0 unspecified atom stereocenters. The second-order valence-corrected chi connectivity index (χ2v) is 6.54. The second kappa shape index (κ2) is 9.09. The van der Waals surface area contributed by atoms with Crippen molar-refractivity contribution < 1.29 is 14.3 Å². The lowest BCUT2D eigenvalue weighted by molar-refractivity contribution is -0.113. The molecule has 3 aromatic rings. The van der Waals surface area contributed by atoms with Crippen molar-refractivity contribution in [2.75, 3.05) is 18.2 Å². The number of methoxy groups -OCH3 is 1. The molecule has 0 saturated heterocycles. The zero-order chi connectivity index (χ0) is 19.1.